The average Bonchev–Trinajstić information content (AvgIpc) is 3.22. The van der Waals surface area contributed by atoms with Gasteiger partial charge in [-0.25, -0.2) is 0 Å². The second-order valence-corrected chi connectivity index (χ2v) is 5.35. The van der Waals surface area contributed by atoms with E-state index in [-0.39, 0.29) is 0 Å². The Morgan fingerprint density at radius 3 is 2.81 bits per heavy atom. The first-order chi connectivity index (χ1) is 10.3. The molecule has 1 unspecified atom stereocenters. The molecule has 1 atom stereocenters. The molecule has 0 saturated carbocycles. The number of furan rings is 1. The van der Waals surface area contributed by atoms with Crippen molar-refractivity contribution in [1.82, 2.24) is 14.8 Å². The molecule has 2 aromatic heterocycles. The zero-order chi connectivity index (χ0) is 14.7. The Morgan fingerprint density at radius 1 is 1.33 bits per heavy atom. The van der Waals surface area contributed by atoms with E-state index in [2.05, 4.69) is 33.5 Å². The molecule has 0 spiro atoms. The molecule has 2 aromatic rings. The van der Waals surface area contributed by atoms with Gasteiger partial charge in [-0.15, -0.1) is 10.2 Å². The molecule has 21 heavy (non-hydrogen) atoms. The predicted molar refractivity (Wildman–Crippen MR) is 80.2 cm³/mol. The molecule has 0 aromatic carbocycles. The van der Waals surface area contributed by atoms with Gasteiger partial charge in [0.1, 0.15) is 6.26 Å². The van der Waals surface area contributed by atoms with Crippen molar-refractivity contribution in [2.45, 2.75) is 26.8 Å². The lowest BCUT2D eigenvalue weighted by molar-refractivity contribution is 0.182. The largest absolute Gasteiger partial charge is 0.472 e. The SMILES string of the molecule is CCN(CC)c1nnc(-c2ccoc2)n1CC1CCOC1. The van der Waals surface area contributed by atoms with Gasteiger partial charge in [-0.3, -0.25) is 4.57 Å². The van der Waals surface area contributed by atoms with E-state index in [1.165, 1.54) is 0 Å². The maximum atomic E-state index is 5.50. The second-order valence-electron chi connectivity index (χ2n) is 5.35. The number of anilines is 1. The normalized spacial score (nSPS) is 18.3. The summed E-state index contributed by atoms with van der Waals surface area (Å²) in [6.07, 6.45) is 4.49. The van der Waals surface area contributed by atoms with E-state index in [1.54, 1.807) is 12.5 Å². The van der Waals surface area contributed by atoms with Crippen molar-refractivity contribution in [2.24, 2.45) is 5.92 Å². The summed E-state index contributed by atoms with van der Waals surface area (Å²) in [5.74, 6) is 2.33. The van der Waals surface area contributed by atoms with Crippen molar-refractivity contribution in [3.63, 3.8) is 0 Å². The Kier molecular flexibility index (Phi) is 4.24. The molecule has 0 aliphatic carbocycles. The third-order valence-corrected chi connectivity index (χ3v) is 4.02. The fourth-order valence-electron chi connectivity index (χ4n) is 2.79. The van der Waals surface area contributed by atoms with E-state index in [1.807, 2.05) is 6.07 Å². The molecule has 1 aliphatic heterocycles. The molecule has 114 valence electrons. The molecule has 0 radical (unpaired) electrons. The van der Waals surface area contributed by atoms with Crippen LogP contribution in [0.5, 0.6) is 0 Å². The van der Waals surface area contributed by atoms with Crippen LogP contribution in [0.2, 0.25) is 0 Å². The smallest absolute Gasteiger partial charge is 0.227 e. The highest BCUT2D eigenvalue weighted by Gasteiger charge is 2.23. The fourth-order valence-corrected chi connectivity index (χ4v) is 2.79. The van der Waals surface area contributed by atoms with Gasteiger partial charge in [0.15, 0.2) is 5.82 Å². The first-order valence-electron chi connectivity index (χ1n) is 7.62. The summed E-state index contributed by atoms with van der Waals surface area (Å²) in [5.41, 5.74) is 0.972. The molecule has 1 saturated heterocycles. The number of hydrogen-bond donors (Lipinski definition) is 0. The maximum absolute atomic E-state index is 5.50. The average molecular weight is 290 g/mol. The van der Waals surface area contributed by atoms with Gasteiger partial charge >= 0.3 is 0 Å². The minimum Gasteiger partial charge on any atom is -0.472 e. The number of nitrogens with zero attached hydrogens (tertiary/aromatic N) is 4. The lowest BCUT2D eigenvalue weighted by atomic mass is 10.1. The van der Waals surface area contributed by atoms with E-state index in [9.17, 15) is 0 Å². The molecule has 6 nitrogen and oxygen atoms in total. The fraction of sp³-hybridized carbons (Fsp3) is 0.600. The first kappa shape index (κ1) is 14.1. The standard InChI is InChI=1S/C15H22N4O2/c1-3-18(4-2)15-17-16-14(13-6-8-21-11-13)19(15)9-12-5-7-20-10-12/h6,8,11-12H,3-5,7,9-10H2,1-2H3. The van der Waals surface area contributed by atoms with Crippen LogP contribution in [0.15, 0.2) is 23.0 Å². The van der Waals surface area contributed by atoms with Gasteiger partial charge < -0.3 is 14.1 Å². The Morgan fingerprint density at radius 2 is 2.19 bits per heavy atom. The van der Waals surface area contributed by atoms with Gasteiger partial charge in [-0.1, -0.05) is 0 Å². The molecule has 0 N–H and O–H groups in total. The summed E-state index contributed by atoms with van der Waals surface area (Å²) in [4.78, 5) is 2.23. The summed E-state index contributed by atoms with van der Waals surface area (Å²) < 4.78 is 12.9. The van der Waals surface area contributed by atoms with E-state index in [0.29, 0.717) is 5.92 Å². The van der Waals surface area contributed by atoms with Crippen LogP contribution < -0.4 is 4.90 Å². The molecule has 3 rings (SSSR count). The quantitative estimate of drug-likeness (QED) is 0.817. The van der Waals surface area contributed by atoms with Crippen LogP contribution in [0.4, 0.5) is 5.95 Å². The maximum Gasteiger partial charge on any atom is 0.227 e. The summed E-state index contributed by atoms with van der Waals surface area (Å²) in [7, 11) is 0. The number of aromatic nitrogens is 3. The van der Waals surface area contributed by atoms with Crippen LogP contribution >= 0.6 is 0 Å². The minimum atomic E-state index is 0.529. The lowest BCUT2D eigenvalue weighted by Gasteiger charge is -2.22. The summed E-state index contributed by atoms with van der Waals surface area (Å²) >= 11 is 0. The van der Waals surface area contributed by atoms with Crippen molar-refractivity contribution in [1.29, 1.82) is 0 Å². The number of ether oxygens (including phenoxy) is 1. The van der Waals surface area contributed by atoms with Crippen molar-refractivity contribution in [2.75, 3.05) is 31.2 Å². The molecule has 0 bridgehead atoms. The summed E-state index contributed by atoms with van der Waals surface area (Å²) in [6, 6.07) is 1.93. The zero-order valence-electron chi connectivity index (χ0n) is 12.7. The van der Waals surface area contributed by atoms with E-state index in [0.717, 1.165) is 56.6 Å². The molecular formula is C15H22N4O2. The van der Waals surface area contributed by atoms with Crippen molar-refractivity contribution in [3.05, 3.63) is 18.6 Å². The van der Waals surface area contributed by atoms with Gasteiger partial charge in [-0.05, 0) is 26.3 Å². The van der Waals surface area contributed by atoms with Gasteiger partial charge in [0.25, 0.3) is 0 Å². The highest BCUT2D eigenvalue weighted by Crippen LogP contribution is 2.26. The number of rotatable bonds is 6. The predicted octanol–water partition coefficient (Wildman–Crippen LogP) is 2.42. The van der Waals surface area contributed by atoms with Crippen LogP contribution in [0.3, 0.4) is 0 Å². The van der Waals surface area contributed by atoms with Crippen LogP contribution in [-0.4, -0.2) is 41.1 Å². The van der Waals surface area contributed by atoms with Gasteiger partial charge in [0.2, 0.25) is 5.95 Å². The topological polar surface area (TPSA) is 56.3 Å². The summed E-state index contributed by atoms with van der Waals surface area (Å²) in [5, 5.41) is 8.80. The van der Waals surface area contributed by atoms with Crippen molar-refractivity contribution >= 4 is 5.95 Å². The zero-order valence-corrected chi connectivity index (χ0v) is 12.7. The molecule has 1 aliphatic rings. The van der Waals surface area contributed by atoms with Gasteiger partial charge in [0.05, 0.1) is 18.4 Å². The Labute approximate surface area is 124 Å². The first-order valence-corrected chi connectivity index (χ1v) is 7.62. The minimum absolute atomic E-state index is 0.529. The van der Waals surface area contributed by atoms with E-state index < -0.39 is 0 Å². The third-order valence-electron chi connectivity index (χ3n) is 4.02. The highest BCUT2D eigenvalue weighted by atomic mass is 16.5. The van der Waals surface area contributed by atoms with Crippen LogP contribution in [0.25, 0.3) is 11.4 Å². The van der Waals surface area contributed by atoms with Gasteiger partial charge in [0, 0.05) is 32.2 Å². The Bertz CT molecular complexity index is 554. The molecular weight excluding hydrogens is 268 g/mol. The Hall–Kier alpha value is -1.82. The monoisotopic (exact) mass is 290 g/mol. The number of hydrogen-bond acceptors (Lipinski definition) is 5. The molecule has 1 fully saturated rings. The molecule has 0 amide bonds. The third kappa shape index (κ3) is 2.81. The van der Waals surface area contributed by atoms with Crippen LogP contribution in [0.1, 0.15) is 20.3 Å². The van der Waals surface area contributed by atoms with Crippen molar-refractivity contribution in [3.8, 4) is 11.4 Å². The highest BCUT2D eigenvalue weighted by molar-refractivity contribution is 5.56. The van der Waals surface area contributed by atoms with Crippen molar-refractivity contribution < 1.29 is 9.15 Å². The summed E-state index contributed by atoms with van der Waals surface area (Å²) in [6.45, 7) is 8.67. The Balaban J connectivity index is 1.96. The molecule has 3 heterocycles. The van der Waals surface area contributed by atoms with E-state index in [4.69, 9.17) is 9.15 Å². The van der Waals surface area contributed by atoms with Gasteiger partial charge in [-0.2, -0.15) is 0 Å². The van der Waals surface area contributed by atoms with Crippen LogP contribution in [0, 0.1) is 5.92 Å². The lowest BCUT2D eigenvalue weighted by Crippen LogP contribution is -2.27. The van der Waals surface area contributed by atoms with E-state index >= 15 is 0 Å². The second kappa shape index (κ2) is 6.30. The molecule has 6 heteroatoms. The van der Waals surface area contributed by atoms with Crippen LogP contribution in [-0.2, 0) is 11.3 Å².